The fourth-order valence-electron chi connectivity index (χ4n) is 5.21. The number of fused-ring (bicyclic) bond motifs is 3. The molecule has 0 bridgehead atoms. The van der Waals surface area contributed by atoms with Gasteiger partial charge >= 0.3 is 0 Å². The molecule has 3 aromatic rings. The molecule has 0 saturated heterocycles. The van der Waals surface area contributed by atoms with Crippen LogP contribution in [0.5, 0.6) is 0 Å². The molecule has 174 valence electrons. The molecule has 0 radical (unpaired) electrons. The Kier molecular flexibility index (Phi) is 6.44. The lowest BCUT2D eigenvalue weighted by atomic mass is 9.76. The van der Waals surface area contributed by atoms with E-state index in [1.807, 2.05) is 36.4 Å². The minimum atomic E-state index is -0.339. The maximum atomic E-state index is 12.1. The van der Waals surface area contributed by atoms with Gasteiger partial charge in [-0.2, -0.15) is 0 Å². The number of nitro benzene ring substituents is 1. The van der Waals surface area contributed by atoms with Crippen LogP contribution in [-0.4, -0.2) is 21.3 Å². The zero-order valence-electron chi connectivity index (χ0n) is 18.3. The summed E-state index contributed by atoms with van der Waals surface area (Å²) in [7, 11) is 0. The zero-order chi connectivity index (χ0) is 24.0. The van der Waals surface area contributed by atoms with Crippen molar-refractivity contribution >= 4 is 56.5 Å². The van der Waals surface area contributed by atoms with Crippen molar-refractivity contribution in [3.05, 3.63) is 98.0 Å². The van der Waals surface area contributed by atoms with Crippen LogP contribution in [0.4, 0.5) is 11.4 Å². The minimum absolute atomic E-state index is 0.00977. The molecule has 3 aromatic carbocycles. The second kappa shape index (κ2) is 9.36. The van der Waals surface area contributed by atoms with E-state index >= 15 is 0 Å². The summed E-state index contributed by atoms with van der Waals surface area (Å²) >= 11 is 12.2. The molecular formula is C26H22BrClN2O3S. The van der Waals surface area contributed by atoms with Crippen LogP contribution < -0.4 is 5.32 Å². The van der Waals surface area contributed by atoms with Crippen LogP contribution in [0.1, 0.15) is 46.8 Å². The van der Waals surface area contributed by atoms with Crippen molar-refractivity contribution in [2.75, 3.05) is 5.32 Å². The van der Waals surface area contributed by atoms with Gasteiger partial charge in [0.05, 0.1) is 21.2 Å². The van der Waals surface area contributed by atoms with Crippen molar-refractivity contribution < 1.29 is 9.72 Å². The standard InChI is InChI=1S/C26H22BrClN2O3S/c1-14(31)16-8-11-20-18(12-16)24-19(26(29-20)15-6-9-17(27)10-7-15)13-23(25(24)28)34-22-5-3-2-4-21(22)30(32)33/h2-12,19,23-26,29H,13H2,1H3/t19-,23+,24+,25+,26+/m1/s1. The highest BCUT2D eigenvalue weighted by Gasteiger charge is 2.50. The maximum Gasteiger partial charge on any atom is 0.282 e. The summed E-state index contributed by atoms with van der Waals surface area (Å²) in [5, 5.41) is 15.0. The van der Waals surface area contributed by atoms with Crippen LogP contribution in [0.2, 0.25) is 0 Å². The second-order valence-electron chi connectivity index (χ2n) is 8.78. The Bertz CT molecular complexity index is 1270. The van der Waals surface area contributed by atoms with Gasteiger partial charge in [0.1, 0.15) is 0 Å². The lowest BCUT2D eigenvalue weighted by molar-refractivity contribution is -0.387. The van der Waals surface area contributed by atoms with Crippen LogP contribution in [0.3, 0.4) is 0 Å². The molecule has 0 spiro atoms. The van der Waals surface area contributed by atoms with E-state index in [1.165, 1.54) is 23.4 Å². The molecule has 34 heavy (non-hydrogen) atoms. The van der Waals surface area contributed by atoms with Crippen molar-refractivity contribution in [3.8, 4) is 0 Å². The van der Waals surface area contributed by atoms with E-state index in [-0.39, 0.29) is 44.9 Å². The lowest BCUT2D eigenvalue weighted by Gasteiger charge is -2.38. The van der Waals surface area contributed by atoms with E-state index in [2.05, 4.69) is 33.4 Å². The summed E-state index contributed by atoms with van der Waals surface area (Å²) in [6, 6.07) is 21.0. The summed E-state index contributed by atoms with van der Waals surface area (Å²) in [6.45, 7) is 1.57. The van der Waals surface area contributed by atoms with Gasteiger partial charge in [0.25, 0.3) is 5.69 Å². The molecular weight excluding hydrogens is 536 g/mol. The second-order valence-corrected chi connectivity index (χ2v) is 11.5. The van der Waals surface area contributed by atoms with Crippen molar-refractivity contribution in [3.63, 3.8) is 0 Å². The van der Waals surface area contributed by atoms with Crippen LogP contribution in [-0.2, 0) is 0 Å². The van der Waals surface area contributed by atoms with E-state index in [1.54, 1.807) is 19.1 Å². The molecule has 0 amide bonds. The van der Waals surface area contributed by atoms with Gasteiger partial charge in [-0.05, 0) is 66.8 Å². The fourth-order valence-corrected chi connectivity index (χ4v) is 7.41. The Morgan fingerprint density at radius 2 is 1.88 bits per heavy atom. The van der Waals surface area contributed by atoms with Crippen LogP contribution >= 0.6 is 39.3 Å². The van der Waals surface area contributed by atoms with Crippen molar-refractivity contribution in [2.24, 2.45) is 5.92 Å². The summed E-state index contributed by atoms with van der Waals surface area (Å²) in [6.07, 6.45) is 0.799. The molecule has 1 fully saturated rings. The molecule has 5 atom stereocenters. The van der Waals surface area contributed by atoms with Crippen molar-refractivity contribution in [1.29, 1.82) is 0 Å². The first kappa shape index (κ1) is 23.4. The molecule has 1 heterocycles. The number of alkyl halides is 1. The first-order chi connectivity index (χ1) is 16.3. The van der Waals surface area contributed by atoms with E-state index < -0.39 is 0 Å². The third-order valence-corrected chi connectivity index (χ3v) is 9.43. The fraction of sp³-hybridized carbons (Fsp3) is 0.269. The number of halogens is 2. The number of Topliss-reactive ketones (excluding diaryl/α,β-unsaturated/α-hetero) is 1. The maximum absolute atomic E-state index is 12.1. The zero-order valence-corrected chi connectivity index (χ0v) is 21.4. The number of rotatable bonds is 5. The molecule has 1 aliphatic carbocycles. The van der Waals surface area contributed by atoms with Gasteiger partial charge in [0.2, 0.25) is 0 Å². The quantitative estimate of drug-likeness (QED) is 0.151. The number of carbonyl (C=O) groups is 1. The normalized spacial score (nSPS) is 25.2. The number of carbonyl (C=O) groups excluding carboxylic acids is 1. The Morgan fingerprint density at radius 3 is 2.59 bits per heavy atom. The van der Waals surface area contributed by atoms with Gasteiger partial charge < -0.3 is 5.32 Å². The predicted octanol–water partition coefficient (Wildman–Crippen LogP) is 7.60. The molecule has 5 nitrogen and oxygen atoms in total. The van der Waals surface area contributed by atoms with Crippen LogP contribution in [0.15, 0.2) is 76.1 Å². The lowest BCUT2D eigenvalue weighted by Crippen LogP contribution is -2.31. The van der Waals surface area contributed by atoms with E-state index in [0.29, 0.717) is 10.5 Å². The van der Waals surface area contributed by atoms with Crippen molar-refractivity contribution in [1.82, 2.24) is 0 Å². The molecule has 8 heteroatoms. The number of nitrogens with one attached hydrogen (secondary N) is 1. The molecule has 2 aliphatic rings. The number of hydrogen-bond donors (Lipinski definition) is 1. The number of benzene rings is 3. The molecule has 0 aromatic heterocycles. The molecule has 1 saturated carbocycles. The van der Waals surface area contributed by atoms with Crippen molar-refractivity contribution in [2.45, 2.75) is 40.8 Å². The Balaban J connectivity index is 1.55. The van der Waals surface area contributed by atoms with Gasteiger partial charge in [-0.1, -0.05) is 40.2 Å². The third-order valence-electron chi connectivity index (χ3n) is 6.79. The van der Waals surface area contributed by atoms with E-state index in [0.717, 1.165) is 22.1 Å². The summed E-state index contributed by atoms with van der Waals surface area (Å²) in [4.78, 5) is 24.0. The Hall–Kier alpha value is -2.35. The molecule has 5 rings (SSSR count). The number of anilines is 1. The van der Waals surface area contributed by atoms with Crippen LogP contribution in [0, 0.1) is 16.0 Å². The van der Waals surface area contributed by atoms with E-state index in [4.69, 9.17) is 11.6 Å². The third kappa shape index (κ3) is 4.25. The summed E-state index contributed by atoms with van der Waals surface area (Å²) in [5.41, 5.74) is 3.98. The predicted molar refractivity (Wildman–Crippen MR) is 140 cm³/mol. The topological polar surface area (TPSA) is 72.2 Å². The summed E-state index contributed by atoms with van der Waals surface area (Å²) in [5.74, 6) is 0.217. The largest absolute Gasteiger partial charge is 0.378 e. The highest BCUT2D eigenvalue weighted by atomic mass is 79.9. The number of ketones is 1. The summed E-state index contributed by atoms with van der Waals surface area (Å²) < 4.78 is 1.02. The van der Waals surface area contributed by atoms with Gasteiger partial charge in [0.15, 0.2) is 5.78 Å². The van der Waals surface area contributed by atoms with Gasteiger partial charge in [0, 0.05) is 33.0 Å². The Labute approximate surface area is 215 Å². The van der Waals surface area contributed by atoms with Crippen LogP contribution in [0.25, 0.3) is 0 Å². The number of para-hydroxylation sites is 1. The molecule has 0 unspecified atom stereocenters. The number of nitrogens with zero attached hydrogens (tertiary/aromatic N) is 1. The number of nitro groups is 1. The highest BCUT2D eigenvalue weighted by Crippen LogP contribution is 2.58. The smallest absolute Gasteiger partial charge is 0.282 e. The first-order valence-electron chi connectivity index (χ1n) is 11.0. The number of thioether (sulfide) groups is 1. The highest BCUT2D eigenvalue weighted by molar-refractivity contribution is 9.10. The van der Waals surface area contributed by atoms with E-state index in [9.17, 15) is 14.9 Å². The average molecular weight is 558 g/mol. The molecule has 1 N–H and O–H groups in total. The Morgan fingerprint density at radius 1 is 1.15 bits per heavy atom. The minimum Gasteiger partial charge on any atom is -0.378 e. The van der Waals surface area contributed by atoms with Gasteiger partial charge in [-0.25, -0.2) is 0 Å². The van der Waals surface area contributed by atoms with Gasteiger partial charge in [-0.3, -0.25) is 14.9 Å². The average Bonchev–Trinajstić information content (AvgIpc) is 3.15. The number of hydrogen-bond acceptors (Lipinski definition) is 5. The SMILES string of the molecule is CC(=O)c1ccc2c(c1)[C@@H]1[C@@H](Cl)[C@@H](Sc3ccccc3[N+](=O)[O-])C[C@H]1[C@H](c1ccc(Br)cc1)N2. The monoisotopic (exact) mass is 556 g/mol. The van der Waals surface area contributed by atoms with Gasteiger partial charge in [-0.15, -0.1) is 23.4 Å². The first-order valence-corrected chi connectivity index (χ1v) is 13.2. The molecule has 1 aliphatic heterocycles.